The normalized spacial score (nSPS) is 11.9. The molecule has 2 N–H and O–H groups in total. The van der Waals surface area contributed by atoms with E-state index < -0.39 is 0 Å². The van der Waals surface area contributed by atoms with Crippen molar-refractivity contribution in [1.82, 2.24) is 15.6 Å². The van der Waals surface area contributed by atoms with Crippen LogP contribution in [-0.4, -0.2) is 36.1 Å². The van der Waals surface area contributed by atoms with Crippen LogP contribution < -0.4 is 10.6 Å². The van der Waals surface area contributed by atoms with Crippen molar-refractivity contribution in [2.45, 2.75) is 59.6 Å². The largest absolute Gasteiger partial charge is 0.463 e. The Bertz CT molecular complexity index is 512. The summed E-state index contributed by atoms with van der Waals surface area (Å²) >= 11 is 1.63. The van der Waals surface area contributed by atoms with E-state index in [1.807, 2.05) is 20.8 Å². The molecule has 1 aromatic rings. The molecule has 130 valence electrons. The minimum atomic E-state index is -0.204. The van der Waals surface area contributed by atoms with Crippen LogP contribution in [0.25, 0.3) is 0 Å². The van der Waals surface area contributed by atoms with Crippen LogP contribution in [0.2, 0.25) is 0 Å². The average molecular weight is 340 g/mol. The molecule has 0 aliphatic rings. The lowest BCUT2D eigenvalue weighted by Gasteiger charge is -2.11. The van der Waals surface area contributed by atoms with Gasteiger partial charge in [-0.05, 0) is 26.7 Å². The summed E-state index contributed by atoms with van der Waals surface area (Å²) in [5, 5.41) is 9.37. The third-order valence-corrected chi connectivity index (χ3v) is 3.72. The van der Waals surface area contributed by atoms with Crippen LogP contribution in [0.4, 0.5) is 0 Å². The summed E-state index contributed by atoms with van der Waals surface area (Å²) < 4.78 is 5.10. The van der Waals surface area contributed by atoms with Gasteiger partial charge in [-0.1, -0.05) is 13.8 Å². The van der Waals surface area contributed by atoms with Gasteiger partial charge in [-0.25, -0.2) is 9.98 Å². The smallest absolute Gasteiger partial charge is 0.307 e. The molecule has 1 rings (SSSR count). The fourth-order valence-electron chi connectivity index (χ4n) is 1.76. The lowest BCUT2D eigenvalue weighted by atomic mass is 10.2. The van der Waals surface area contributed by atoms with Gasteiger partial charge in [0.25, 0.3) is 0 Å². The van der Waals surface area contributed by atoms with E-state index in [4.69, 9.17) is 4.74 Å². The van der Waals surface area contributed by atoms with Crippen LogP contribution in [0, 0.1) is 0 Å². The Balaban J connectivity index is 2.47. The number of rotatable bonds is 8. The van der Waals surface area contributed by atoms with Crippen molar-refractivity contribution in [3.8, 4) is 0 Å². The molecule has 7 heteroatoms. The van der Waals surface area contributed by atoms with Gasteiger partial charge < -0.3 is 15.4 Å². The number of nitrogens with one attached hydrogen (secondary N) is 2. The predicted octanol–water partition coefficient (Wildman–Crippen LogP) is 2.66. The van der Waals surface area contributed by atoms with Gasteiger partial charge in [-0.3, -0.25) is 4.79 Å². The highest BCUT2D eigenvalue weighted by Gasteiger charge is 2.07. The Labute approximate surface area is 142 Å². The number of carbonyl (C=O) groups is 1. The van der Waals surface area contributed by atoms with Gasteiger partial charge in [0.15, 0.2) is 5.96 Å². The van der Waals surface area contributed by atoms with Crippen LogP contribution >= 0.6 is 11.3 Å². The zero-order valence-corrected chi connectivity index (χ0v) is 15.5. The van der Waals surface area contributed by atoms with Gasteiger partial charge >= 0.3 is 5.97 Å². The molecule has 0 fully saturated rings. The van der Waals surface area contributed by atoms with Crippen molar-refractivity contribution < 1.29 is 9.53 Å². The van der Waals surface area contributed by atoms with Gasteiger partial charge in [0.05, 0.1) is 24.8 Å². The maximum Gasteiger partial charge on any atom is 0.307 e. The first-order chi connectivity index (χ1) is 10.9. The second kappa shape index (κ2) is 10.2. The molecule has 0 atom stereocenters. The van der Waals surface area contributed by atoms with Crippen molar-refractivity contribution in [3.05, 3.63) is 16.1 Å². The summed E-state index contributed by atoms with van der Waals surface area (Å²) in [4.78, 5) is 20.6. The Hall–Kier alpha value is -1.63. The Morgan fingerprint density at radius 1 is 1.35 bits per heavy atom. The average Bonchev–Trinajstić information content (AvgIpc) is 2.93. The quantitative estimate of drug-likeness (QED) is 0.432. The van der Waals surface area contributed by atoms with Crippen LogP contribution in [0.1, 0.15) is 57.7 Å². The van der Waals surface area contributed by atoms with Crippen molar-refractivity contribution in [1.29, 1.82) is 0 Å². The predicted molar refractivity (Wildman–Crippen MR) is 94.9 cm³/mol. The van der Waals surface area contributed by atoms with E-state index in [9.17, 15) is 4.79 Å². The molecule has 1 heterocycles. The summed E-state index contributed by atoms with van der Waals surface area (Å²) in [7, 11) is 0. The second-order valence-electron chi connectivity index (χ2n) is 5.73. The molecule has 0 spiro atoms. The van der Waals surface area contributed by atoms with Crippen molar-refractivity contribution >= 4 is 23.3 Å². The minimum absolute atomic E-state index is 0.0792. The molecule has 0 radical (unpaired) electrons. The fourth-order valence-corrected chi connectivity index (χ4v) is 2.63. The highest BCUT2D eigenvalue weighted by Crippen LogP contribution is 2.18. The number of esters is 1. The number of hydrogen-bond acceptors (Lipinski definition) is 5. The molecule has 23 heavy (non-hydrogen) atoms. The molecule has 0 bridgehead atoms. The van der Waals surface area contributed by atoms with Crippen molar-refractivity contribution in [2.24, 2.45) is 4.99 Å². The number of aliphatic imine (C=N–C) groups is 1. The number of guanidine groups is 1. The SMILES string of the molecule is CCNC(=NCc1nc(C(C)C)cs1)NCCC(=O)OC(C)C. The van der Waals surface area contributed by atoms with Crippen LogP contribution in [0.3, 0.4) is 0 Å². The number of aromatic nitrogens is 1. The van der Waals surface area contributed by atoms with Crippen LogP contribution in [0.15, 0.2) is 10.4 Å². The molecule has 0 unspecified atom stereocenters. The summed E-state index contributed by atoms with van der Waals surface area (Å²) in [5.74, 6) is 0.915. The van der Waals surface area contributed by atoms with E-state index in [-0.39, 0.29) is 12.1 Å². The molecule has 0 saturated heterocycles. The first kappa shape index (κ1) is 19.4. The number of hydrogen-bond donors (Lipinski definition) is 2. The molecular formula is C16H28N4O2S. The highest BCUT2D eigenvalue weighted by atomic mass is 32.1. The first-order valence-electron chi connectivity index (χ1n) is 8.08. The third-order valence-electron chi connectivity index (χ3n) is 2.87. The molecule has 0 aromatic carbocycles. The van der Waals surface area contributed by atoms with E-state index in [0.29, 0.717) is 31.4 Å². The summed E-state index contributed by atoms with van der Waals surface area (Å²) in [6, 6.07) is 0. The van der Waals surface area contributed by atoms with E-state index in [1.54, 1.807) is 11.3 Å². The molecule has 0 saturated carbocycles. The standard InChI is InChI=1S/C16H28N4O2S/c1-6-17-16(18-8-7-15(21)22-12(4)5)19-9-14-20-13(10-23-14)11(2)3/h10-12H,6-9H2,1-5H3,(H2,17,18,19). The van der Waals surface area contributed by atoms with Crippen LogP contribution in [0.5, 0.6) is 0 Å². The van der Waals surface area contributed by atoms with E-state index >= 15 is 0 Å². The molecule has 0 amide bonds. The summed E-state index contributed by atoms with van der Waals surface area (Å²) in [6.45, 7) is 11.7. The van der Waals surface area contributed by atoms with Gasteiger partial charge in [-0.2, -0.15) is 0 Å². The van der Waals surface area contributed by atoms with E-state index in [2.05, 4.69) is 39.8 Å². The maximum atomic E-state index is 11.5. The zero-order valence-electron chi connectivity index (χ0n) is 14.7. The number of nitrogens with zero attached hydrogens (tertiary/aromatic N) is 2. The fraction of sp³-hybridized carbons (Fsp3) is 0.688. The molecule has 6 nitrogen and oxygen atoms in total. The van der Waals surface area contributed by atoms with Gasteiger partial charge in [-0.15, -0.1) is 11.3 Å². The second-order valence-corrected chi connectivity index (χ2v) is 6.67. The lowest BCUT2D eigenvalue weighted by molar-refractivity contribution is -0.147. The van der Waals surface area contributed by atoms with E-state index in [1.165, 1.54) is 0 Å². The Morgan fingerprint density at radius 2 is 2.09 bits per heavy atom. The highest BCUT2D eigenvalue weighted by molar-refractivity contribution is 7.09. The third kappa shape index (κ3) is 7.97. The Morgan fingerprint density at radius 3 is 2.65 bits per heavy atom. The summed E-state index contributed by atoms with van der Waals surface area (Å²) in [6.07, 6.45) is 0.238. The van der Waals surface area contributed by atoms with Gasteiger partial charge in [0.1, 0.15) is 5.01 Å². The maximum absolute atomic E-state index is 11.5. The number of ether oxygens (including phenoxy) is 1. The first-order valence-corrected chi connectivity index (χ1v) is 8.96. The molecule has 1 aromatic heterocycles. The van der Waals surface area contributed by atoms with Gasteiger partial charge in [0.2, 0.25) is 0 Å². The molecule has 0 aliphatic heterocycles. The zero-order chi connectivity index (χ0) is 17.2. The topological polar surface area (TPSA) is 75.6 Å². The van der Waals surface area contributed by atoms with E-state index in [0.717, 1.165) is 17.2 Å². The lowest BCUT2D eigenvalue weighted by Crippen LogP contribution is -2.38. The Kier molecular flexibility index (Phi) is 8.61. The molecular weight excluding hydrogens is 312 g/mol. The van der Waals surface area contributed by atoms with Gasteiger partial charge in [0, 0.05) is 18.5 Å². The van der Waals surface area contributed by atoms with Crippen molar-refractivity contribution in [3.63, 3.8) is 0 Å². The number of thiazole rings is 1. The molecule has 0 aliphatic carbocycles. The monoisotopic (exact) mass is 340 g/mol. The number of carbonyl (C=O) groups excluding carboxylic acids is 1. The van der Waals surface area contributed by atoms with Crippen molar-refractivity contribution in [2.75, 3.05) is 13.1 Å². The summed E-state index contributed by atoms with van der Waals surface area (Å²) in [5.41, 5.74) is 1.11. The minimum Gasteiger partial charge on any atom is -0.463 e. The van der Waals surface area contributed by atoms with Crippen LogP contribution in [-0.2, 0) is 16.1 Å².